The van der Waals surface area contributed by atoms with Gasteiger partial charge in [-0.2, -0.15) is 5.10 Å². The second-order valence-corrected chi connectivity index (χ2v) is 5.02. The van der Waals surface area contributed by atoms with Gasteiger partial charge in [0.2, 0.25) is 0 Å². The third kappa shape index (κ3) is 2.99. The molecule has 108 valence electrons. The van der Waals surface area contributed by atoms with Crippen LogP contribution in [0.1, 0.15) is 30.6 Å². The van der Waals surface area contributed by atoms with Crippen LogP contribution in [0, 0.1) is 11.6 Å². The summed E-state index contributed by atoms with van der Waals surface area (Å²) in [6.07, 6.45) is 2.41. The minimum atomic E-state index is -0.608. The van der Waals surface area contributed by atoms with Crippen molar-refractivity contribution in [2.24, 2.45) is 5.73 Å². The van der Waals surface area contributed by atoms with E-state index in [-0.39, 0.29) is 12.0 Å². The summed E-state index contributed by atoms with van der Waals surface area (Å²) in [6, 6.07) is 3.16. The van der Waals surface area contributed by atoms with Gasteiger partial charge in [-0.3, -0.25) is 4.68 Å². The number of nitrogens with zero attached hydrogens (tertiary/aromatic N) is 2. The Bertz CT molecular complexity index is 578. The van der Waals surface area contributed by atoms with Gasteiger partial charge in [-0.1, -0.05) is 24.6 Å². The summed E-state index contributed by atoms with van der Waals surface area (Å²) in [5.74, 6) is -1.20. The molecule has 0 saturated heterocycles. The zero-order chi connectivity index (χ0) is 14.7. The Hall–Kier alpha value is -1.46. The normalized spacial score (nSPS) is 12.7. The predicted molar refractivity (Wildman–Crippen MR) is 74.5 cm³/mol. The lowest BCUT2D eigenvalue weighted by Crippen LogP contribution is -2.20. The van der Waals surface area contributed by atoms with Crippen LogP contribution in [0.3, 0.4) is 0 Å². The first-order chi connectivity index (χ1) is 9.54. The van der Waals surface area contributed by atoms with E-state index in [1.807, 2.05) is 6.92 Å². The molecule has 0 saturated carbocycles. The summed E-state index contributed by atoms with van der Waals surface area (Å²) in [4.78, 5) is 0. The molecule has 1 heterocycles. The maximum absolute atomic E-state index is 13.7. The van der Waals surface area contributed by atoms with Crippen LogP contribution in [0.4, 0.5) is 8.78 Å². The molecule has 2 N–H and O–H groups in total. The standard InChI is InChI=1S/C14H16ClF2N3/c1-2-6-20-14(10(15)8-19-20)13(18)7-9-11(16)4-3-5-12(9)17/h3-5,8,13H,2,6-7,18H2,1H3. The van der Waals surface area contributed by atoms with Crippen LogP contribution in [0.2, 0.25) is 5.02 Å². The molecule has 0 aliphatic rings. The van der Waals surface area contributed by atoms with Crippen LogP contribution in [0.15, 0.2) is 24.4 Å². The predicted octanol–water partition coefficient (Wildman–Crippen LogP) is 3.47. The Morgan fingerprint density at radius 1 is 1.35 bits per heavy atom. The van der Waals surface area contributed by atoms with Crippen molar-refractivity contribution in [3.05, 3.63) is 52.3 Å². The van der Waals surface area contributed by atoms with E-state index >= 15 is 0 Å². The number of aromatic nitrogens is 2. The summed E-state index contributed by atoms with van der Waals surface area (Å²) in [7, 11) is 0. The van der Waals surface area contributed by atoms with E-state index < -0.39 is 17.7 Å². The summed E-state index contributed by atoms with van der Waals surface area (Å²) < 4.78 is 29.0. The monoisotopic (exact) mass is 299 g/mol. The number of hydrogen-bond donors (Lipinski definition) is 1. The third-order valence-electron chi connectivity index (χ3n) is 3.11. The second kappa shape index (κ2) is 6.33. The molecule has 0 amide bonds. The van der Waals surface area contributed by atoms with E-state index in [2.05, 4.69) is 5.10 Å². The molecular formula is C14H16ClF2N3. The van der Waals surface area contributed by atoms with Gasteiger partial charge in [0.05, 0.1) is 23.0 Å². The molecule has 2 rings (SSSR count). The molecule has 3 nitrogen and oxygen atoms in total. The van der Waals surface area contributed by atoms with Gasteiger partial charge in [-0.15, -0.1) is 0 Å². The first kappa shape index (κ1) is 14.9. The lowest BCUT2D eigenvalue weighted by atomic mass is 10.0. The van der Waals surface area contributed by atoms with E-state index in [1.165, 1.54) is 24.4 Å². The molecule has 0 spiro atoms. The highest BCUT2D eigenvalue weighted by atomic mass is 35.5. The Balaban J connectivity index is 2.28. The van der Waals surface area contributed by atoms with Gasteiger partial charge in [-0.25, -0.2) is 8.78 Å². The van der Waals surface area contributed by atoms with E-state index in [4.69, 9.17) is 17.3 Å². The number of hydrogen-bond acceptors (Lipinski definition) is 2. The fourth-order valence-corrected chi connectivity index (χ4v) is 2.46. The van der Waals surface area contributed by atoms with Gasteiger partial charge in [0.1, 0.15) is 11.6 Å². The smallest absolute Gasteiger partial charge is 0.129 e. The van der Waals surface area contributed by atoms with Crippen molar-refractivity contribution < 1.29 is 8.78 Å². The molecule has 1 unspecified atom stereocenters. The average Bonchev–Trinajstić information content (AvgIpc) is 2.76. The lowest BCUT2D eigenvalue weighted by Gasteiger charge is -2.15. The minimum Gasteiger partial charge on any atom is -0.322 e. The maximum Gasteiger partial charge on any atom is 0.129 e. The highest BCUT2D eigenvalue weighted by Crippen LogP contribution is 2.26. The SMILES string of the molecule is CCCn1ncc(Cl)c1C(N)Cc1c(F)cccc1F. The van der Waals surface area contributed by atoms with Crippen molar-refractivity contribution in [1.29, 1.82) is 0 Å². The number of rotatable bonds is 5. The molecule has 2 aromatic rings. The van der Waals surface area contributed by atoms with Crippen LogP contribution >= 0.6 is 11.6 Å². The van der Waals surface area contributed by atoms with E-state index in [0.717, 1.165) is 6.42 Å². The Labute approximate surface area is 121 Å². The van der Waals surface area contributed by atoms with E-state index in [9.17, 15) is 8.78 Å². The Morgan fingerprint density at radius 3 is 2.60 bits per heavy atom. The molecule has 6 heteroatoms. The second-order valence-electron chi connectivity index (χ2n) is 4.61. The number of halogens is 3. The van der Waals surface area contributed by atoms with E-state index in [0.29, 0.717) is 17.3 Å². The van der Waals surface area contributed by atoms with Crippen molar-refractivity contribution >= 4 is 11.6 Å². The van der Waals surface area contributed by atoms with Crippen molar-refractivity contribution in [2.45, 2.75) is 32.4 Å². The number of benzene rings is 1. The maximum atomic E-state index is 13.7. The molecule has 0 radical (unpaired) electrons. The number of nitrogens with two attached hydrogens (primary N) is 1. The van der Waals surface area contributed by atoms with Crippen LogP contribution in [-0.4, -0.2) is 9.78 Å². The molecule has 0 fully saturated rings. The summed E-state index contributed by atoms with van der Waals surface area (Å²) in [5.41, 5.74) is 6.64. The molecule has 0 aliphatic carbocycles. The molecule has 20 heavy (non-hydrogen) atoms. The van der Waals surface area contributed by atoms with Crippen LogP contribution in [0.25, 0.3) is 0 Å². The molecule has 1 atom stereocenters. The average molecular weight is 300 g/mol. The van der Waals surface area contributed by atoms with Gasteiger partial charge >= 0.3 is 0 Å². The highest BCUT2D eigenvalue weighted by Gasteiger charge is 2.20. The Morgan fingerprint density at radius 2 is 2.00 bits per heavy atom. The van der Waals surface area contributed by atoms with E-state index in [1.54, 1.807) is 4.68 Å². The van der Waals surface area contributed by atoms with Gasteiger partial charge < -0.3 is 5.73 Å². The van der Waals surface area contributed by atoms with Gasteiger partial charge in [0.15, 0.2) is 0 Å². The summed E-state index contributed by atoms with van der Waals surface area (Å²) in [6.45, 7) is 2.66. The van der Waals surface area contributed by atoms with Crippen molar-refractivity contribution in [2.75, 3.05) is 0 Å². The lowest BCUT2D eigenvalue weighted by molar-refractivity contribution is 0.510. The molecule has 1 aromatic heterocycles. The van der Waals surface area contributed by atoms with Crippen LogP contribution in [-0.2, 0) is 13.0 Å². The fraction of sp³-hybridized carbons (Fsp3) is 0.357. The highest BCUT2D eigenvalue weighted by molar-refractivity contribution is 6.31. The number of aryl methyl sites for hydroxylation is 1. The zero-order valence-electron chi connectivity index (χ0n) is 11.1. The fourth-order valence-electron chi connectivity index (χ4n) is 2.17. The molecule has 0 bridgehead atoms. The van der Waals surface area contributed by atoms with Gasteiger partial charge in [-0.05, 0) is 25.0 Å². The summed E-state index contributed by atoms with van der Waals surface area (Å²) >= 11 is 6.07. The molecule has 0 aliphatic heterocycles. The van der Waals surface area contributed by atoms with Gasteiger partial charge in [0.25, 0.3) is 0 Å². The minimum absolute atomic E-state index is 0.0275. The van der Waals surface area contributed by atoms with Crippen LogP contribution < -0.4 is 5.73 Å². The van der Waals surface area contributed by atoms with Crippen molar-refractivity contribution in [3.63, 3.8) is 0 Å². The summed E-state index contributed by atoms with van der Waals surface area (Å²) in [5, 5.41) is 4.55. The van der Waals surface area contributed by atoms with Crippen molar-refractivity contribution in [3.8, 4) is 0 Å². The quantitative estimate of drug-likeness (QED) is 0.919. The largest absolute Gasteiger partial charge is 0.322 e. The van der Waals surface area contributed by atoms with Crippen LogP contribution in [0.5, 0.6) is 0 Å². The topological polar surface area (TPSA) is 43.8 Å². The first-order valence-corrected chi connectivity index (χ1v) is 6.82. The Kier molecular flexibility index (Phi) is 4.73. The van der Waals surface area contributed by atoms with Crippen molar-refractivity contribution in [1.82, 2.24) is 9.78 Å². The third-order valence-corrected chi connectivity index (χ3v) is 3.40. The molecule has 1 aromatic carbocycles. The zero-order valence-corrected chi connectivity index (χ0v) is 11.9. The van der Waals surface area contributed by atoms with Gasteiger partial charge in [0, 0.05) is 12.1 Å². The first-order valence-electron chi connectivity index (χ1n) is 6.44. The molecular weight excluding hydrogens is 284 g/mol.